The first-order valence-corrected chi connectivity index (χ1v) is 5.85. The van der Waals surface area contributed by atoms with E-state index in [-0.39, 0.29) is 18.5 Å². The minimum absolute atomic E-state index is 0.0696. The van der Waals surface area contributed by atoms with Gasteiger partial charge in [-0.3, -0.25) is 14.5 Å². The van der Waals surface area contributed by atoms with Gasteiger partial charge in [0, 0.05) is 19.0 Å². The van der Waals surface area contributed by atoms with Crippen LogP contribution in [0.3, 0.4) is 0 Å². The number of nitrogens with zero attached hydrogens (tertiary/aromatic N) is 1. The van der Waals surface area contributed by atoms with Crippen molar-refractivity contribution in [3.05, 3.63) is 0 Å². The van der Waals surface area contributed by atoms with Crippen LogP contribution in [-0.2, 0) is 9.59 Å². The summed E-state index contributed by atoms with van der Waals surface area (Å²) in [6, 6.07) is 0.118. The summed E-state index contributed by atoms with van der Waals surface area (Å²) in [7, 11) is 0. The Hall–Kier alpha value is -1.10. The van der Waals surface area contributed by atoms with Gasteiger partial charge in [0.15, 0.2) is 0 Å². The summed E-state index contributed by atoms with van der Waals surface area (Å²) in [6.45, 7) is 3.51. The summed E-state index contributed by atoms with van der Waals surface area (Å²) >= 11 is 0. The smallest absolute Gasteiger partial charge is 0.317 e. The maximum atomic E-state index is 11.4. The standard InChI is InChI=1S/C11H20N2O3/c1-2-4-10(14)12-9-5-3-6-13(7-9)8-11(15)16/h9H,2-8H2,1H3,(H,12,14)(H,15,16)/t9-/m0/s1. The van der Waals surface area contributed by atoms with Crippen molar-refractivity contribution in [2.24, 2.45) is 0 Å². The summed E-state index contributed by atoms with van der Waals surface area (Å²) in [5.41, 5.74) is 0. The lowest BCUT2D eigenvalue weighted by molar-refractivity contribution is -0.138. The molecule has 1 atom stereocenters. The minimum atomic E-state index is -0.805. The average Bonchev–Trinajstić information content (AvgIpc) is 2.17. The van der Waals surface area contributed by atoms with Crippen LogP contribution in [0.5, 0.6) is 0 Å². The zero-order valence-corrected chi connectivity index (χ0v) is 9.74. The van der Waals surface area contributed by atoms with Crippen molar-refractivity contribution < 1.29 is 14.7 Å². The second-order valence-electron chi connectivity index (χ2n) is 4.29. The van der Waals surface area contributed by atoms with E-state index in [1.54, 1.807) is 0 Å². The van der Waals surface area contributed by atoms with Crippen LogP contribution in [0.15, 0.2) is 0 Å². The fraction of sp³-hybridized carbons (Fsp3) is 0.818. The number of hydrogen-bond donors (Lipinski definition) is 2. The first-order chi connectivity index (χ1) is 7.61. The molecule has 0 bridgehead atoms. The van der Waals surface area contributed by atoms with E-state index in [4.69, 9.17) is 5.11 Å². The number of hydrogen-bond acceptors (Lipinski definition) is 3. The Morgan fingerprint density at radius 1 is 1.50 bits per heavy atom. The molecule has 5 nitrogen and oxygen atoms in total. The molecular formula is C11H20N2O3. The molecule has 1 aliphatic rings. The molecule has 92 valence electrons. The van der Waals surface area contributed by atoms with Crippen LogP contribution in [0.2, 0.25) is 0 Å². The Kier molecular flexibility index (Phi) is 5.25. The lowest BCUT2D eigenvalue weighted by Crippen LogP contribution is -2.48. The molecule has 0 aromatic rings. The van der Waals surface area contributed by atoms with Crippen molar-refractivity contribution in [2.45, 2.75) is 38.6 Å². The van der Waals surface area contributed by atoms with Gasteiger partial charge in [-0.1, -0.05) is 6.92 Å². The van der Waals surface area contributed by atoms with Gasteiger partial charge in [-0.2, -0.15) is 0 Å². The molecule has 0 saturated carbocycles. The Bertz CT molecular complexity index is 256. The van der Waals surface area contributed by atoms with E-state index in [1.807, 2.05) is 11.8 Å². The molecule has 1 aliphatic heterocycles. The van der Waals surface area contributed by atoms with E-state index in [9.17, 15) is 9.59 Å². The second-order valence-corrected chi connectivity index (χ2v) is 4.29. The van der Waals surface area contributed by atoms with Crippen LogP contribution >= 0.6 is 0 Å². The third kappa shape index (κ3) is 4.61. The van der Waals surface area contributed by atoms with Crippen molar-refractivity contribution in [1.29, 1.82) is 0 Å². The highest BCUT2D eigenvalue weighted by molar-refractivity contribution is 5.76. The Morgan fingerprint density at radius 3 is 2.88 bits per heavy atom. The number of piperidine rings is 1. The highest BCUT2D eigenvalue weighted by Crippen LogP contribution is 2.09. The number of carbonyl (C=O) groups excluding carboxylic acids is 1. The van der Waals surface area contributed by atoms with Crippen molar-refractivity contribution in [3.8, 4) is 0 Å². The topological polar surface area (TPSA) is 69.6 Å². The van der Waals surface area contributed by atoms with Crippen LogP contribution in [0, 0.1) is 0 Å². The quantitative estimate of drug-likeness (QED) is 0.717. The molecule has 1 rings (SSSR count). The van der Waals surface area contributed by atoms with Gasteiger partial charge in [-0.05, 0) is 25.8 Å². The van der Waals surface area contributed by atoms with Crippen LogP contribution in [0.1, 0.15) is 32.6 Å². The maximum absolute atomic E-state index is 11.4. The van der Waals surface area contributed by atoms with Crippen LogP contribution in [0.4, 0.5) is 0 Å². The van der Waals surface area contributed by atoms with Gasteiger partial charge < -0.3 is 10.4 Å². The number of carbonyl (C=O) groups is 2. The molecule has 2 N–H and O–H groups in total. The van der Waals surface area contributed by atoms with Gasteiger partial charge in [0.1, 0.15) is 0 Å². The van der Waals surface area contributed by atoms with Gasteiger partial charge in [0.05, 0.1) is 6.54 Å². The summed E-state index contributed by atoms with van der Waals surface area (Å²) in [5.74, 6) is -0.731. The van der Waals surface area contributed by atoms with E-state index in [0.717, 1.165) is 25.8 Å². The Labute approximate surface area is 95.8 Å². The molecule has 1 fully saturated rings. The fourth-order valence-corrected chi connectivity index (χ4v) is 2.04. The number of amides is 1. The largest absolute Gasteiger partial charge is 0.480 e. The van der Waals surface area contributed by atoms with Gasteiger partial charge in [0.25, 0.3) is 0 Å². The molecule has 0 unspecified atom stereocenters. The fourth-order valence-electron chi connectivity index (χ4n) is 2.04. The number of rotatable bonds is 5. The Morgan fingerprint density at radius 2 is 2.25 bits per heavy atom. The number of carboxylic acids is 1. The molecule has 0 spiro atoms. The SMILES string of the molecule is CCCC(=O)N[C@H]1CCCN(CC(=O)O)C1. The van der Waals surface area contributed by atoms with Crippen LogP contribution in [0.25, 0.3) is 0 Å². The van der Waals surface area contributed by atoms with Gasteiger partial charge in [-0.15, -0.1) is 0 Å². The lowest BCUT2D eigenvalue weighted by atomic mass is 10.1. The predicted molar refractivity (Wildman–Crippen MR) is 60.1 cm³/mol. The molecule has 1 amide bonds. The third-order valence-corrected chi connectivity index (χ3v) is 2.71. The highest BCUT2D eigenvalue weighted by Gasteiger charge is 2.22. The molecule has 5 heteroatoms. The number of carboxylic acid groups (broad SMARTS) is 1. The van der Waals surface area contributed by atoms with Gasteiger partial charge >= 0.3 is 5.97 Å². The molecule has 1 saturated heterocycles. The summed E-state index contributed by atoms with van der Waals surface area (Å²) in [4.78, 5) is 23.8. The monoisotopic (exact) mass is 228 g/mol. The number of likely N-dealkylation sites (tertiary alicyclic amines) is 1. The predicted octanol–water partition coefficient (Wildman–Crippen LogP) is 0.452. The zero-order chi connectivity index (χ0) is 12.0. The number of aliphatic carboxylic acids is 1. The summed E-state index contributed by atoms with van der Waals surface area (Å²) in [5, 5.41) is 11.6. The normalized spacial score (nSPS) is 21.7. The van der Waals surface area contributed by atoms with Crippen molar-refractivity contribution >= 4 is 11.9 Å². The van der Waals surface area contributed by atoms with Crippen molar-refractivity contribution in [1.82, 2.24) is 10.2 Å². The molecular weight excluding hydrogens is 208 g/mol. The molecule has 0 aromatic heterocycles. The maximum Gasteiger partial charge on any atom is 0.317 e. The average molecular weight is 228 g/mol. The van der Waals surface area contributed by atoms with Crippen LogP contribution in [-0.4, -0.2) is 47.6 Å². The molecule has 0 aliphatic carbocycles. The Balaban J connectivity index is 2.32. The number of nitrogens with one attached hydrogen (secondary N) is 1. The van der Waals surface area contributed by atoms with E-state index in [1.165, 1.54) is 0 Å². The molecule has 0 aromatic carbocycles. The van der Waals surface area contributed by atoms with Crippen LogP contribution < -0.4 is 5.32 Å². The molecule has 0 radical (unpaired) electrons. The highest BCUT2D eigenvalue weighted by atomic mass is 16.4. The molecule has 1 heterocycles. The first-order valence-electron chi connectivity index (χ1n) is 5.85. The molecule has 16 heavy (non-hydrogen) atoms. The van der Waals surface area contributed by atoms with E-state index >= 15 is 0 Å². The first kappa shape index (κ1) is 13.0. The third-order valence-electron chi connectivity index (χ3n) is 2.71. The van der Waals surface area contributed by atoms with Gasteiger partial charge in [0.2, 0.25) is 5.91 Å². The second kappa shape index (κ2) is 6.48. The van der Waals surface area contributed by atoms with Crippen molar-refractivity contribution in [3.63, 3.8) is 0 Å². The van der Waals surface area contributed by atoms with E-state index in [0.29, 0.717) is 13.0 Å². The summed E-state index contributed by atoms with van der Waals surface area (Å²) < 4.78 is 0. The van der Waals surface area contributed by atoms with Gasteiger partial charge in [-0.25, -0.2) is 0 Å². The minimum Gasteiger partial charge on any atom is -0.480 e. The summed E-state index contributed by atoms with van der Waals surface area (Å²) in [6.07, 6.45) is 3.29. The lowest BCUT2D eigenvalue weighted by Gasteiger charge is -2.31. The zero-order valence-electron chi connectivity index (χ0n) is 9.74. The van der Waals surface area contributed by atoms with E-state index < -0.39 is 5.97 Å². The van der Waals surface area contributed by atoms with Crippen molar-refractivity contribution in [2.75, 3.05) is 19.6 Å². The van der Waals surface area contributed by atoms with E-state index in [2.05, 4.69) is 5.32 Å².